The molecule has 0 heterocycles. The Morgan fingerprint density at radius 3 is 1.18 bits per heavy atom. The molecule has 0 fully saturated rings. The van der Waals surface area contributed by atoms with Crippen LogP contribution in [0.4, 0.5) is 11.4 Å². The van der Waals surface area contributed by atoms with Crippen molar-refractivity contribution >= 4 is 29.0 Å². The van der Waals surface area contributed by atoms with E-state index in [2.05, 4.69) is 10.6 Å². The van der Waals surface area contributed by atoms with Gasteiger partial charge in [0.15, 0.2) is 0 Å². The molecule has 2 aromatic carbocycles. The summed E-state index contributed by atoms with van der Waals surface area (Å²) in [5, 5.41) is 6.55. The van der Waals surface area contributed by atoms with Crippen molar-refractivity contribution in [1.82, 2.24) is 0 Å². The van der Waals surface area contributed by atoms with Gasteiger partial charge in [-0.1, -0.05) is 36.4 Å². The van der Waals surface area contributed by atoms with Crippen molar-refractivity contribution in [2.24, 2.45) is 0 Å². The average Bonchev–Trinajstić information content (AvgIpc) is 2.86. The maximum absolute atomic E-state index is 5.76. The Labute approximate surface area is 201 Å². The molecule has 10 heteroatoms. The molecule has 2 rings (SSSR count). The van der Waals surface area contributed by atoms with Crippen LogP contribution in [0.25, 0.3) is 0 Å². The zero-order chi connectivity index (χ0) is 24.4. The van der Waals surface area contributed by atoms with E-state index in [-0.39, 0.29) is 0 Å². The Balaban J connectivity index is 0.000000335. The van der Waals surface area contributed by atoms with Gasteiger partial charge in [0.2, 0.25) is 0 Å². The number of benzene rings is 2. The lowest BCUT2D eigenvalue weighted by molar-refractivity contribution is 0.0740. The van der Waals surface area contributed by atoms with Gasteiger partial charge in [-0.05, 0) is 45.0 Å². The van der Waals surface area contributed by atoms with Crippen LogP contribution in [0, 0.1) is 0 Å². The first-order valence-electron chi connectivity index (χ1n) is 11.2. The van der Waals surface area contributed by atoms with E-state index in [0.29, 0.717) is 32.2 Å². The summed E-state index contributed by atoms with van der Waals surface area (Å²) in [6.07, 6.45) is 1.15. The SMILES string of the molecule is CCO[Si](CNc1ccccc1)(OCC)OCC.CO[Si](CNc1ccccc1)(OC)OC. The molecular weight excluding hydrogens is 456 g/mol. The van der Waals surface area contributed by atoms with Gasteiger partial charge in [-0.15, -0.1) is 0 Å². The first kappa shape index (κ1) is 29.3. The molecule has 0 amide bonds. The van der Waals surface area contributed by atoms with Crippen molar-refractivity contribution in [2.75, 3.05) is 64.1 Å². The van der Waals surface area contributed by atoms with Gasteiger partial charge >= 0.3 is 17.6 Å². The summed E-state index contributed by atoms with van der Waals surface area (Å²) in [4.78, 5) is 0. The third kappa shape index (κ3) is 10.8. The lowest BCUT2D eigenvalue weighted by atomic mass is 10.3. The third-order valence-corrected chi connectivity index (χ3v) is 9.86. The number of hydrogen-bond donors (Lipinski definition) is 2. The van der Waals surface area contributed by atoms with Crippen molar-refractivity contribution in [3.05, 3.63) is 60.7 Å². The molecule has 2 N–H and O–H groups in total. The maximum atomic E-state index is 5.76. The average molecular weight is 497 g/mol. The molecule has 0 aromatic heterocycles. The summed E-state index contributed by atoms with van der Waals surface area (Å²) in [6.45, 7) is 7.68. The van der Waals surface area contributed by atoms with Crippen molar-refractivity contribution in [3.63, 3.8) is 0 Å². The van der Waals surface area contributed by atoms with Crippen LogP contribution in [0.15, 0.2) is 60.7 Å². The predicted octanol–water partition coefficient (Wildman–Crippen LogP) is 4.20. The largest absolute Gasteiger partial charge is 0.521 e. The van der Waals surface area contributed by atoms with Gasteiger partial charge in [0.25, 0.3) is 0 Å². The quantitative estimate of drug-likeness (QED) is 0.355. The van der Waals surface area contributed by atoms with Crippen LogP contribution in [0.5, 0.6) is 0 Å². The van der Waals surface area contributed by atoms with Gasteiger partial charge in [0.1, 0.15) is 0 Å². The van der Waals surface area contributed by atoms with E-state index in [1.54, 1.807) is 21.3 Å². The zero-order valence-electron chi connectivity index (χ0n) is 20.8. The molecule has 0 atom stereocenters. The molecule has 33 heavy (non-hydrogen) atoms. The molecule has 0 unspecified atom stereocenters. The fourth-order valence-electron chi connectivity index (χ4n) is 2.94. The lowest BCUT2D eigenvalue weighted by Crippen LogP contribution is -2.52. The molecule has 0 radical (unpaired) electrons. The highest BCUT2D eigenvalue weighted by molar-refractivity contribution is 6.61. The number of nitrogens with one attached hydrogen (secondary N) is 2. The molecule has 0 saturated heterocycles. The molecule has 0 aliphatic carbocycles. The van der Waals surface area contributed by atoms with Crippen LogP contribution in [0.3, 0.4) is 0 Å². The van der Waals surface area contributed by atoms with Crippen LogP contribution in [0.1, 0.15) is 20.8 Å². The van der Waals surface area contributed by atoms with E-state index < -0.39 is 17.6 Å². The van der Waals surface area contributed by atoms with Gasteiger partial charge in [0.05, 0.1) is 12.3 Å². The van der Waals surface area contributed by atoms with Crippen LogP contribution in [0.2, 0.25) is 0 Å². The molecule has 0 spiro atoms. The Bertz CT molecular complexity index is 698. The monoisotopic (exact) mass is 496 g/mol. The van der Waals surface area contributed by atoms with E-state index in [9.17, 15) is 0 Å². The number of para-hydroxylation sites is 2. The van der Waals surface area contributed by atoms with E-state index in [1.807, 2.05) is 81.4 Å². The molecule has 2 aromatic rings. The van der Waals surface area contributed by atoms with Crippen LogP contribution < -0.4 is 10.6 Å². The fraction of sp³-hybridized carbons (Fsp3) is 0.478. The third-order valence-electron chi connectivity index (χ3n) is 4.59. The molecule has 0 saturated carbocycles. The summed E-state index contributed by atoms with van der Waals surface area (Å²) < 4.78 is 33.2. The minimum absolute atomic E-state index is 0.556. The second kappa shape index (κ2) is 16.8. The smallest absolute Gasteiger partial charge is 0.381 e. The van der Waals surface area contributed by atoms with Crippen molar-refractivity contribution in [3.8, 4) is 0 Å². The highest BCUT2D eigenvalue weighted by atomic mass is 28.4. The topological polar surface area (TPSA) is 79.4 Å². The van der Waals surface area contributed by atoms with Crippen molar-refractivity contribution in [2.45, 2.75) is 20.8 Å². The normalized spacial score (nSPS) is 11.5. The minimum atomic E-state index is -2.59. The highest BCUT2D eigenvalue weighted by Gasteiger charge is 2.40. The fourth-order valence-corrected chi connectivity index (χ4v) is 6.59. The summed E-state index contributed by atoms with van der Waals surface area (Å²) in [5.74, 6) is 0. The second-order valence-corrected chi connectivity index (χ2v) is 12.2. The van der Waals surface area contributed by atoms with Gasteiger partial charge in [0, 0.05) is 52.5 Å². The molecular formula is C23H40N2O6Si2. The van der Waals surface area contributed by atoms with E-state index in [1.165, 1.54) is 0 Å². The Kier molecular flexibility index (Phi) is 14.9. The molecule has 186 valence electrons. The second-order valence-electron chi connectivity index (χ2n) is 6.72. The zero-order valence-corrected chi connectivity index (χ0v) is 22.8. The summed E-state index contributed by atoms with van der Waals surface area (Å²) >= 11 is 0. The molecule has 0 bridgehead atoms. The standard InChI is InChI=1S/C13H23NO3Si.C10H17NO3Si/c1-4-15-18(16-5-2,17-6-3)12-14-13-10-8-7-9-11-13;1-12-15(13-2,14-3)9-11-10-7-5-4-6-8-10/h7-11,14H,4-6,12H2,1-3H3;4-8,11H,9H2,1-3H3. The first-order valence-corrected chi connectivity index (χ1v) is 15.0. The maximum Gasteiger partial charge on any atom is 0.521 e. The molecule has 0 aliphatic rings. The Morgan fingerprint density at radius 2 is 0.879 bits per heavy atom. The summed E-state index contributed by atoms with van der Waals surface area (Å²) in [7, 11) is -0.292. The molecule has 0 aliphatic heterocycles. The summed E-state index contributed by atoms with van der Waals surface area (Å²) in [6, 6.07) is 19.9. The lowest BCUT2D eigenvalue weighted by Gasteiger charge is -2.28. The number of anilines is 2. The highest BCUT2D eigenvalue weighted by Crippen LogP contribution is 2.13. The van der Waals surface area contributed by atoms with Crippen LogP contribution in [-0.4, -0.2) is 71.1 Å². The van der Waals surface area contributed by atoms with E-state index in [0.717, 1.165) is 11.4 Å². The van der Waals surface area contributed by atoms with Crippen LogP contribution in [-0.2, 0) is 26.6 Å². The predicted molar refractivity (Wildman–Crippen MR) is 137 cm³/mol. The Hall–Kier alpha value is -1.77. The van der Waals surface area contributed by atoms with Gasteiger partial charge in [-0.2, -0.15) is 0 Å². The van der Waals surface area contributed by atoms with E-state index in [4.69, 9.17) is 26.6 Å². The van der Waals surface area contributed by atoms with Crippen molar-refractivity contribution < 1.29 is 26.6 Å². The minimum Gasteiger partial charge on any atom is -0.381 e. The number of rotatable bonds is 15. The molecule has 8 nitrogen and oxygen atoms in total. The van der Waals surface area contributed by atoms with Gasteiger partial charge in [-0.3, -0.25) is 0 Å². The summed E-state index contributed by atoms with van der Waals surface area (Å²) in [5.41, 5.74) is 2.08. The van der Waals surface area contributed by atoms with Gasteiger partial charge < -0.3 is 37.2 Å². The van der Waals surface area contributed by atoms with Crippen LogP contribution >= 0.6 is 0 Å². The van der Waals surface area contributed by atoms with Crippen molar-refractivity contribution in [1.29, 1.82) is 0 Å². The van der Waals surface area contributed by atoms with Gasteiger partial charge in [-0.25, -0.2) is 0 Å². The first-order chi connectivity index (χ1) is 16.0. The Morgan fingerprint density at radius 1 is 0.545 bits per heavy atom. The van der Waals surface area contributed by atoms with E-state index >= 15 is 0 Å². The number of hydrogen-bond acceptors (Lipinski definition) is 8.